The third kappa shape index (κ3) is 5.03. The van der Waals surface area contributed by atoms with Crippen molar-refractivity contribution in [3.8, 4) is 0 Å². The van der Waals surface area contributed by atoms with E-state index in [1.807, 2.05) is 20.8 Å². The van der Waals surface area contributed by atoms with E-state index < -0.39 is 29.1 Å². The van der Waals surface area contributed by atoms with Crippen LogP contribution in [0.4, 0.5) is 4.79 Å². The zero-order valence-corrected chi connectivity index (χ0v) is 18.1. The summed E-state index contributed by atoms with van der Waals surface area (Å²) in [6, 6.07) is -0.769. The van der Waals surface area contributed by atoms with Crippen molar-refractivity contribution in [3.05, 3.63) is 0 Å². The van der Waals surface area contributed by atoms with Crippen molar-refractivity contribution in [3.63, 3.8) is 0 Å². The average molecular weight is 425 g/mol. The lowest BCUT2D eigenvalue weighted by atomic mass is 9.86. The molecule has 0 saturated carbocycles. The number of carbonyl (C=O) groups is 3. The van der Waals surface area contributed by atoms with Gasteiger partial charge in [0.1, 0.15) is 12.1 Å². The fourth-order valence-electron chi connectivity index (χ4n) is 3.84. The second-order valence-corrected chi connectivity index (χ2v) is 9.05. The summed E-state index contributed by atoms with van der Waals surface area (Å²) >= 11 is 0. The fraction of sp³-hybridized carbons (Fsp3) is 0.800. The molecular formula is C20H31N3O7. The van der Waals surface area contributed by atoms with Crippen molar-refractivity contribution >= 4 is 23.7 Å². The van der Waals surface area contributed by atoms with Gasteiger partial charge in [-0.25, -0.2) is 9.59 Å². The van der Waals surface area contributed by atoms with Crippen LogP contribution in [0, 0.1) is 5.41 Å². The third-order valence-corrected chi connectivity index (χ3v) is 5.51. The highest BCUT2D eigenvalue weighted by Gasteiger charge is 2.50. The monoisotopic (exact) mass is 425 g/mol. The van der Waals surface area contributed by atoms with Gasteiger partial charge < -0.3 is 29.3 Å². The van der Waals surface area contributed by atoms with E-state index in [0.717, 1.165) is 0 Å². The van der Waals surface area contributed by atoms with Gasteiger partial charge in [0.05, 0.1) is 26.4 Å². The molecule has 10 heteroatoms. The highest BCUT2D eigenvalue weighted by Crippen LogP contribution is 2.35. The molecular weight excluding hydrogens is 394 g/mol. The standard InChI is InChI=1S/C20H31N3O7/c1-5-28-17(25)14-10-20(30-22-14)7-8-23(12-20)16(24)15(19(2,3)4)21-18(26)29-13-6-9-27-11-13/h13,15H,5-12H2,1-4H3,(H,21,26)/t13-,15?,20-/m0/s1. The Labute approximate surface area is 176 Å². The van der Waals surface area contributed by atoms with Crippen LogP contribution >= 0.6 is 0 Å². The first-order chi connectivity index (χ1) is 14.1. The minimum Gasteiger partial charge on any atom is -0.461 e. The number of amides is 2. The molecule has 3 atom stereocenters. The van der Waals surface area contributed by atoms with E-state index in [9.17, 15) is 14.4 Å². The maximum absolute atomic E-state index is 13.3. The van der Waals surface area contributed by atoms with Gasteiger partial charge in [0.2, 0.25) is 5.91 Å². The lowest BCUT2D eigenvalue weighted by Crippen LogP contribution is -2.55. The second kappa shape index (κ2) is 8.79. The minimum absolute atomic E-state index is 0.216. The maximum Gasteiger partial charge on any atom is 0.408 e. The first-order valence-electron chi connectivity index (χ1n) is 10.4. The van der Waals surface area contributed by atoms with Gasteiger partial charge in [0, 0.05) is 25.8 Å². The van der Waals surface area contributed by atoms with Gasteiger partial charge in [-0.2, -0.15) is 0 Å². The zero-order valence-electron chi connectivity index (χ0n) is 18.1. The van der Waals surface area contributed by atoms with Gasteiger partial charge in [-0.3, -0.25) is 4.79 Å². The molecule has 3 heterocycles. The fourth-order valence-corrected chi connectivity index (χ4v) is 3.84. The van der Waals surface area contributed by atoms with Crippen LogP contribution in [0.1, 0.15) is 47.0 Å². The third-order valence-electron chi connectivity index (χ3n) is 5.51. The highest BCUT2D eigenvalue weighted by atomic mass is 16.7. The molecule has 0 aromatic carbocycles. The van der Waals surface area contributed by atoms with Crippen molar-refractivity contribution in [1.29, 1.82) is 0 Å². The van der Waals surface area contributed by atoms with Crippen LogP contribution in [-0.4, -0.2) is 79.2 Å². The van der Waals surface area contributed by atoms with Gasteiger partial charge in [-0.1, -0.05) is 25.9 Å². The Hall–Kier alpha value is -2.36. The van der Waals surface area contributed by atoms with Gasteiger partial charge >= 0.3 is 12.1 Å². The molecule has 0 bridgehead atoms. The van der Waals surface area contributed by atoms with Gasteiger partial charge in [0.25, 0.3) is 0 Å². The van der Waals surface area contributed by atoms with Gasteiger partial charge in [-0.05, 0) is 12.3 Å². The summed E-state index contributed by atoms with van der Waals surface area (Å²) in [6.45, 7) is 9.31. The van der Waals surface area contributed by atoms with E-state index in [0.29, 0.717) is 39.0 Å². The van der Waals surface area contributed by atoms with Crippen molar-refractivity contribution in [2.75, 3.05) is 32.9 Å². The predicted molar refractivity (Wildman–Crippen MR) is 106 cm³/mol. The number of esters is 1. The van der Waals surface area contributed by atoms with E-state index in [-0.39, 0.29) is 30.9 Å². The molecule has 1 spiro atoms. The summed E-state index contributed by atoms with van der Waals surface area (Å²) in [5, 5.41) is 6.62. The molecule has 1 unspecified atom stereocenters. The topological polar surface area (TPSA) is 116 Å². The van der Waals surface area contributed by atoms with Crippen molar-refractivity contribution in [1.82, 2.24) is 10.2 Å². The smallest absolute Gasteiger partial charge is 0.408 e. The molecule has 0 aromatic heterocycles. The number of nitrogens with zero attached hydrogens (tertiary/aromatic N) is 2. The number of alkyl carbamates (subject to hydrolysis) is 1. The summed E-state index contributed by atoms with van der Waals surface area (Å²) in [7, 11) is 0. The molecule has 0 aliphatic carbocycles. The number of hydrogen-bond acceptors (Lipinski definition) is 8. The van der Waals surface area contributed by atoms with Gasteiger partial charge in [-0.15, -0.1) is 0 Å². The molecule has 10 nitrogen and oxygen atoms in total. The number of carbonyl (C=O) groups excluding carboxylic acids is 3. The zero-order chi connectivity index (χ0) is 21.9. The van der Waals surface area contributed by atoms with Crippen LogP contribution in [-0.2, 0) is 28.6 Å². The molecule has 2 saturated heterocycles. The van der Waals surface area contributed by atoms with E-state index in [2.05, 4.69) is 10.5 Å². The Morgan fingerprint density at radius 2 is 2.13 bits per heavy atom. The van der Waals surface area contributed by atoms with Crippen LogP contribution in [0.15, 0.2) is 5.16 Å². The molecule has 168 valence electrons. The molecule has 3 rings (SSSR count). The SMILES string of the molecule is CCOC(=O)C1=NO[C@@]2(CCN(C(=O)C(NC(=O)O[C@H]3CCOC3)C(C)(C)C)C2)C1. The Morgan fingerprint density at radius 3 is 2.77 bits per heavy atom. The van der Waals surface area contributed by atoms with Crippen LogP contribution < -0.4 is 5.32 Å². The molecule has 0 aromatic rings. The quantitative estimate of drug-likeness (QED) is 0.659. The largest absolute Gasteiger partial charge is 0.461 e. The maximum atomic E-state index is 13.3. The van der Waals surface area contributed by atoms with Crippen molar-refractivity contribution in [2.45, 2.75) is 64.7 Å². The lowest BCUT2D eigenvalue weighted by molar-refractivity contribution is -0.136. The Morgan fingerprint density at radius 1 is 1.37 bits per heavy atom. The van der Waals surface area contributed by atoms with Crippen LogP contribution in [0.2, 0.25) is 0 Å². The Kier molecular flexibility index (Phi) is 6.54. The molecule has 30 heavy (non-hydrogen) atoms. The van der Waals surface area contributed by atoms with Crippen LogP contribution in [0.5, 0.6) is 0 Å². The first kappa shape index (κ1) is 22.3. The normalized spacial score (nSPS) is 26.9. The van der Waals surface area contributed by atoms with E-state index >= 15 is 0 Å². The number of rotatable bonds is 5. The van der Waals surface area contributed by atoms with E-state index in [1.54, 1.807) is 11.8 Å². The molecule has 3 aliphatic rings. The number of ether oxygens (including phenoxy) is 3. The summed E-state index contributed by atoms with van der Waals surface area (Å²) in [5.41, 5.74) is -1.01. The Balaban J connectivity index is 1.60. The van der Waals surface area contributed by atoms with E-state index in [1.165, 1.54) is 0 Å². The summed E-state index contributed by atoms with van der Waals surface area (Å²) in [5.74, 6) is -0.709. The Bertz CT molecular complexity index is 712. The highest BCUT2D eigenvalue weighted by molar-refractivity contribution is 6.36. The predicted octanol–water partition coefficient (Wildman–Crippen LogP) is 1.23. The first-order valence-corrected chi connectivity index (χ1v) is 10.4. The van der Waals surface area contributed by atoms with E-state index in [4.69, 9.17) is 19.0 Å². The second-order valence-electron chi connectivity index (χ2n) is 9.05. The number of oxime groups is 1. The molecule has 1 N–H and O–H groups in total. The van der Waals surface area contributed by atoms with Gasteiger partial charge in [0.15, 0.2) is 11.3 Å². The van der Waals surface area contributed by atoms with Crippen LogP contribution in [0.3, 0.4) is 0 Å². The number of hydrogen-bond donors (Lipinski definition) is 1. The number of likely N-dealkylation sites (tertiary alicyclic amines) is 1. The molecule has 3 aliphatic heterocycles. The molecule has 0 radical (unpaired) electrons. The minimum atomic E-state index is -0.769. The average Bonchev–Trinajstić information content (AvgIpc) is 3.41. The van der Waals surface area contributed by atoms with Crippen LogP contribution in [0.25, 0.3) is 0 Å². The summed E-state index contributed by atoms with van der Waals surface area (Å²) in [4.78, 5) is 44.8. The summed E-state index contributed by atoms with van der Waals surface area (Å²) < 4.78 is 15.6. The van der Waals surface area contributed by atoms with Crippen molar-refractivity contribution < 1.29 is 33.4 Å². The number of nitrogens with one attached hydrogen (secondary N) is 1. The molecule has 2 fully saturated rings. The van der Waals surface area contributed by atoms with Crippen molar-refractivity contribution in [2.24, 2.45) is 10.6 Å². The molecule has 2 amide bonds. The summed E-state index contributed by atoms with van der Waals surface area (Å²) in [6.07, 6.45) is 0.577. The lowest BCUT2D eigenvalue weighted by Gasteiger charge is -2.33.